The highest BCUT2D eigenvalue weighted by Crippen LogP contribution is 2.36. The molecule has 27 heavy (non-hydrogen) atoms. The molecule has 1 N–H and O–H groups in total. The van der Waals surface area contributed by atoms with Crippen LogP contribution in [0.1, 0.15) is 30.7 Å². The fourth-order valence-corrected chi connectivity index (χ4v) is 3.04. The predicted molar refractivity (Wildman–Crippen MR) is 100.0 cm³/mol. The van der Waals surface area contributed by atoms with Crippen molar-refractivity contribution >= 4 is 16.9 Å². The number of benzene rings is 1. The average Bonchev–Trinajstić information content (AvgIpc) is 3.13. The van der Waals surface area contributed by atoms with E-state index in [9.17, 15) is 4.79 Å². The SMILES string of the molecule is C=CCOC(=O)C1=C[C@H](c2coc3ccccc23)C[C@H](OCCCCO)O1. The van der Waals surface area contributed by atoms with Gasteiger partial charge in [0.05, 0.1) is 12.9 Å². The first-order valence-corrected chi connectivity index (χ1v) is 9.08. The molecule has 0 aliphatic carbocycles. The molecule has 0 spiro atoms. The normalized spacial score (nSPS) is 19.4. The number of furan rings is 1. The Hall–Kier alpha value is -2.57. The Kier molecular flexibility index (Phi) is 6.68. The number of para-hydroxylation sites is 1. The van der Waals surface area contributed by atoms with Crippen LogP contribution in [0.15, 0.2) is 59.4 Å². The second-order valence-electron chi connectivity index (χ2n) is 6.30. The number of allylic oxidation sites excluding steroid dienone is 1. The molecule has 2 atom stereocenters. The highest BCUT2D eigenvalue weighted by atomic mass is 16.7. The zero-order chi connectivity index (χ0) is 19.1. The Morgan fingerprint density at radius 1 is 1.33 bits per heavy atom. The molecule has 1 aromatic heterocycles. The molecule has 2 aromatic rings. The number of aliphatic hydroxyl groups excluding tert-OH is 1. The average molecular weight is 372 g/mol. The van der Waals surface area contributed by atoms with Crippen LogP contribution in [0.3, 0.4) is 0 Å². The van der Waals surface area contributed by atoms with Gasteiger partial charge in [0.1, 0.15) is 12.2 Å². The number of hydrogen-bond donors (Lipinski definition) is 1. The molecule has 0 unspecified atom stereocenters. The van der Waals surface area contributed by atoms with Crippen LogP contribution in [0.4, 0.5) is 0 Å². The highest BCUT2D eigenvalue weighted by molar-refractivity contribution is 5.87. The molecule has 2 heterocycles. The number of ether oxygens (including phenoxy) is 3. The fourth-order valence-electron chi connectivity index (χ4n) is 3.04. The molecule has 1 aliphatic heterocycles. The van der Waals surface area contributed by atoms with Crippen molar-refractivity contribution in [3.8, 4) is 0 Å². The molecular weight excluding hydrogens is 348 g/mol. The van der Waals surface area contributed by atoms with Gasteiger partial charge in [-0.05, 0) is 25.0 Å². The quantitative estimate of drug-likeness (QED) is 0.411. The van der Waals surface area contributed by atoms with Crippen molar-refractivity contribution in [2.24, 2.45) is 0 Å². The Bertz CT molecular complexity index is 806. The molecule has 6 heteroatoms. The largest absolute Gasteiger partial charge is 0.464 e. The van der Waals surface area contributed by atoms with Gasteiger partial charge in [0.15, 0.2) is 0 Å². The number of hydrogen-bond acceptors (Lipinski definition) is 6. The first-order chi connectivity index (χ1) is 13.2. The van der Waals surface area contributed by atoms with E-state index in [0.717, 1.165) is 23.0 Å². The van der Waals surface area contributed by atoms with Crippen molar-refractivity contribution in [2.45, 2.75) is 31.5 Å². The van der Waals surface area contributed by atoms with E-state index in [-0.39, 0.29) is 24.9 Å². The lowest BCUT2D eigenvalue weighted by Crippen LogP contribution is -2.28. The third-order valence-corrected chi connectivity index (χ3v) is 4.36. The lowest BCUT2D eigenvalue weighted by molar-refractivity contribution is -0.160. The summed E-state index contributed by atoms with van der Waals surface area (Å²) >= 11 is 0. The molecule has 0 saturated carbocycles. The van der Waals surface area contributed by atoms with Crippen molar-refractivity contribution < 1.29 is 28.5 Å². The number of carbonyl (C=O) groups is 1. The van der Waals surface area contributed by atoms with Gasteiger partial charge in [0, 0.05) is 29.9 Å². The van der Waals surface area contributed by atoms with Crippen LogP contribution in [0.5, 0.6) is 0 Å². The molecule has 144 valence electrons. The van der Waals surface area contributed by atoms with E-state index in [1.54, 1.807) is 12.3 Å². The van der Waals surface area contributed by atoms with Crippen molar-refractivity contribution in [1.29, 1.82) is 0 Å². The van der Waals surface area contributed by atoms with E-state index < -0.39 is 12.3 Å². The lowest BCUT2D eigenvalue weighted by Gasteiger charge is -2.28. The van der Waals surface area contributed by atoms with Crippen LogP contribution in [0.2, 0.25) is 0 Å². The number of aliphatic hydroxyl groups is 1. The van der Waals surface area contributed by atoms with Crippen molar-refractivity contribution in [3.05, 3.63) is 60.6 Å². The molecule has 0 bridgehead atoms. The van der Waals surface area contributed by atoms with Crippen molar-refractivity contribution in [2.75, 3.05) is 19.8 Å². The number of rotatable bonds is 9. The molecule has 0 amide bonds. The summed E-state index contributed by atoms with van der Waals surface area (Å²) in [4.78, 5) is 12.3. The summed E-state index contributed by atoms with van der Waals surface area (Å²) in [6.45, 7) is 4.22. The summed E-state index contributed by atoms with van der Waals surface area (Å²) < 4.78 is 22.2. The molecule has 6 nitrogen and oxygen atoms in total. The summed E-state index contributed by atoms with van der Waals surface area (Å²) in [5, 5.41) is 9.89. The van der Waals surface area contributed by atoms with Gasteiger partial charge in [-0.3, -0.25) is 0 Å². The minimum absolute atomic E-state index is 0.100. The standard InChI is InChI=1S/C21H24O6/c1-2-10-25-21(23)19-12-15(13-20(27-19)24-11-6-5-9-22)17-14-26-18-8-4-3-7-16(17)18/h2-4,7-8,12,14-15,20,22H,1,5-6,9-11,13H2/t15-,20+/m0/s1. The third kappa shape index (κ3) is 4.78. The van der Waals surface area contributed by atoms with E-state index >= 15 is 0 Å². The van der Waals surface area contributed by atoms with E-state index in [2.05, 4.69) is 6.58 Å². The van der Waals surface area contributed by atoms with Crippen molar-refractivity contribution in [1.82, 2.24) is 0 Å². The maximum Gasteiger partial charge on any atom is 0.373 e. The summed E-state index contributed by atoms with van der Waals surface area (Å²) in [6.07, 6.45) is 6.34. The summed E-state index contributed by atoms with van der Waals surface area (Å²) in [7, 11) is 0. The molecule has 0 radical (unpaired) electrons. The van der Waals surface area contributed by atoms with Gasteiger partial charge < -0.3 is 23.7 Å². The second kappa shape index (κ2) is 9.39. The Balaban J connectivity index is 1.81. The molecule has 1 aromatic carbocycles. The van der Waals surface area contributed by atoms with Crippen LogP contribution in [0.25, 0.3) is 11.0 Å². The number of esters is 1. The topological polar surface area (TPSA) is 78.1 Å². The maximum absolute atomic E-state index is 12.3. The van der Waals surface area contributed by atoms with E-state index in [1.807, 2.05) is 24.3 Å². The smallest absolute Gasteiger partial charge is 0.373 e. The molecule has 0 fully saturated rings. The number of carbonyl (C=O) groups excluding carboxylic acids is 1. The van der Waals surface area contributed by atoms with Gasteiger partial charge >= 0.3 is 5.97 Å². The second-order valence-corrected chi connectivity index (χ2v) is 6.30. The molecule has 0 saturated heterocycles. The van der Waals surface area contributed by atoms with Gasteiger partial charge in [0.25, 0.3) is 0 Å². The number of fused-ring (bicyclic) bond motifs is 1. The lowest BCUT2D eigenvalue weighted by atomic mass is 9.92. The van der Waals surface area contributed by atoms with Crippen LogP contribution < -0.4 is 0 Å². The fraction of sp³-hybridized carbons (Fsp3) is 0.381. The molecule has 3 rings (SSSR count). The molecular formula is C21H24O6. The van der Waals surface area contributed by atoms with Gasteiger partial charge in [0.2, 0.25) is 12.0 Å². The van der Waals surface area contributed by atoms with Gasteiger partial charge in [-0.1, -0.05) is 30.9 Å². The minimum Gasteiger partial charge on any atom is -0.464 e. The minimum atomic E-state index is -0.571. The summed E-state index contributed by atoms with van der Waals surface area (Å²) in [6, 6.07) is 7.77. The van der Waals surface area contributed by atoms with E-state index in [1.165, 1.54) is 6.08 Å². The van der Waals surface area contributed by atoms with Crippen molar-refractivity contribution in [3.63, 3.8) is 0 Å². The van der Waals surface area contributed by atoms with Crippen LogP contribution in [0, 0.1) is 0 Å². The first kappa shape index (κ1) is 19.2. The van der Waals surface area contributed by atoms with Crippen LogP contribution in [-0.4, -0.2) is 37.2 Å². The summed E-state index contributed by atoms with van der Waals surface area (Å²) in [5.74, 6) is -0.515. The zero-order valence-electron chi connectivity index (χ0n) is 15.1. The first-order valence-electron chi connectivity index (χ1n) is 9.08. The van der Waals surface area contributed by atoms with Crippen LogP contribution >= 0.6 is 0 Å². The van der Waals surface area contributed by atoms with E-state index in [0.29, 0.717) is 19.4 Å². The van der Waals surface area contributed by atoms with Gasteiger partial charge in [-0.25, -0.2) is 4.79 Å². The Labute approximate surface area is 158 Å². The van der Waals surface area contributed by atoms with Gasteiger partial charge in [-0.15, -0.1) is 0 Å². The maximum atomic E-state index is 12.3. The highest BCUT2D eigenvalue weighted by Gasteiger charge is 2.31. The Morgan fingerprint density at radius 2 is 2.19 bits per heavy atom. The predicted octanol–water partition coefficient (Wildman–Crippen LogP) is 3.67. The van der Waals surface area contributed by atoms with Gasteiger partial charge in [-0.2, -0.15) is 0 Å². The zero-order valence-corrected chi connectivity index (χ0v) is 15.1. The molecule has 1 aliphatic rings. The third-order valence-electron chi connectivity index (χ3n) is 4.36. The monoisotopic (exact) mass is 372 g/mol. The van der Waals surface area contributed by atoms with Crippen LogP contribution in [-0.2, 0) is 19.0 Å². The summed E-state index contributed by atoms with van der Waals surface area (Å²) in [5.41, 5.74) is 1.77. The Morgan fingerprint density at radius 3 is 3.00 bits per heavy atom. The number of unbranched alkanes of at least 4 members (excludes halogenated alkanes) is 1. The van der Waals surface area contributed by atoms with E-state index in [4.69, 9.17) is 23.7 Å².